The van der Waals surface area contributed by atoms with Gasteiger partial charge in [-0.1, -0.05) is 25.6 Å². The fraction of sp³-hybridized carbons (Fsp3) is 0.600. The maximum absolute atomic E-state index is 11.8. The highest BCUT2D eigenvalue weighted by molar-refractivity contribution is 8.00. The molecule has 1 rings (SSSR count). The van der Waals surface area contributed by atoms with Crippen LogP contribution in [0.15, 0.2) is 11.5 Å². The summed E-state index contributed by atoms with van der Waals surface area (Å²) in [4.78, 5) is 22.5. The lowest BCUT2D eigenvalue weighted by molar-refractivity contribution is -0.120. The van der Waals surface area contributed by atoms with Crippen LogP contribution in [-0.4, -0.2) is 32.0 Å². The van der Waals surface area contributed by atoms with E-state index in [0.717, 1.165) is 6.54 Å². The molecule has 0 unspecified atom stereocenters. The molecule has 7 nitrogen and oxygen atoms in total. The number of hydrogen-bond donors (Lipinski definition) is 2. The predicted molar refractivity (Wildman–Crippen MR) is 67.9 cm³/mol. The van der Waals surface area contributed by atoms with Crippen molar-refractivity contribution >= 4 is 23.7 Å². The predicted octanol–water partition coefficient (Wildman–Crippen LogP) is 0.610. The van der Waals surface area contributed by atoms with E-state index >= 15 is 0 Å². The van der Waals surface area contributed by atoms with Crippen molar-refractivity contribution in [2.45, 2.75) is 37.7 Å². The number of amides is 3. The van der Waals surface area contributed by atoms with E-state index in [1.54, 1.807) is 6.33 Å². The first-order chi connectivity index (χ1) is 8.45. The molecule has 1 heterocycles. The molecule has 0 aliphatic rings. The van der Waals surface area contributed by atoms with Crippen LogP contribution in [0.2, 0.25) is 0 Å². The van der Waals surface area contributed by atoms with Crippen molar-refractivity contribution in [2.75, 3.05) is 0 Å². The first kappa shape index (κ1) is 14.5. The van der Waals surface area contributed by atoms with E-state index in [9.17, 15) is 9.59 Å². The molecule has 0 aliphatic carbocycles. The van der Waals surface area contributed by atoms with Gasteiger partial charge in [0.2, 0.25) is 5.91 Å². The Morgan fingerprint density at radius 3 is 2.72 bits per heavy atom. The normalized spacial score (nSPS) is 12.4. The number of hydrogen-bond acceptors (Lipinski definition) is 5. The van der Waals surface area contributed by atoms with Gasteiger partial charge < -0.3 is 10.3 Å². The number of imide groups is 1. The number of carbonyl (C=O) groups excluding carboxylic acids is 2. The highest BCUT2D eigenvalue weighted by atomic mass is 32.2. The molecule has 0 radical (unpaired) electrons. The SMILES string of the molecule is CCn1cnnc1S[C@H](C(=O)NC(N)=O)C(C)C. The summed E-state index contributed by atoms with van der Waals surface area (Å²) in [6.07, 6.45) is 1.60. The Kier molecular flexibility index (Phi) is 5.14. The third-order valence-corrected chi connectivity index (χ3v) is 3.80. The second-order valence-corrected chi connectivity index (χ2v) is 5.14. The van der Waals surface area contributed by atoms with Crippen molar-refractivity contribution < 1.29 is 9.59 Å². The Bertz CT molecular complexity index is 432. The number of urea groups is 1. The lowest BCUT2D eigenvalue weighted by atomic mass is 10.1. The Morgan fingerprint density at radius 2 is 2.22 bits per heavy atom. The number of aromatic nitrogens is 3. The molecule has 0 saturated carbocycles. The largest absolute Gasteiger partial charge is 0.351 e. The molecule has 0 aliphatic heterocycles. The molecule has 0 aromatic carbocycles. The second-order valence-electron chi connectivity index (χ2n) is 4.04. The third kappa shape index (κ3) is 3.73. The van der Waals surface area contributed by atoms with Crippen LogP contribution in [0.4, 0.5) is 4.79 Å². The highest BCUT2D eigenvalue weighted by Gasteiger charge is 2.26. The van der Waals surface area contributed by atoms with Crippen molar-refractivity contribution in [1.82, 2.24) is 20.1 Å². The van der Waals surface area contributed by atoms with Crippen molar-refractivity contribution in [2.24, 2.45) is 11.7 Å². The number of aryl methyl sites for hydroxylation is 1. The first-order valence-electron chi connectivity index (χ1n) is 5.60. The number of carbonyl (C=O) groups is 2. The molecule has 18 heavy (non-hydrogen) atoms. The van der Waals surface area contributed by atoms with Gasteiger partial charge in [-0.2, -0.15) is 0 Å². The molecule has 0 saturated heterocycles. The van der Waals surface area contributed by atoms with E-state index in [-0.39, 0.29) is 5.92 Å². The zero-order valence-corrected chi connectivity index (χ0v) is 11.4. The van der Waals surface area contributed by atoms with Crippen molar-refractivity contribution in [1.29, 1.82) is 0 Å². The lowest BCUT2D eigenvalue weighted by Gasteiger charge is -2.18. The summed E-state index contributed by atoms with van der Waals surface area (Å²) < 4.78 is 1.83. The smallest absolute Gasteiger partial charge is 0.318 e. The number of primary amides is 1. The molecule has 0 spiro atoms. The molecule has 100 valence electrons. The fourth-order valence-corrected chi connectivity index (χ4v) is 2.42. The van der Waals surface area contributed by atoms with Gasteiger partial charge in [0.25, 0.3) is 0 Å². The maximum atomic E-state index is 11.8. The van der Waals surface area contributed by atoms with Crippen LogP contribution < -0.4 is 11.1 Å². The standard InChI is InChI=1S/C10H17N5O2S/c1-4-15-5-12-14-10(15)18-7(6(2)3)8(16)13-9(11)17/h5-7H,4H2,1-3H3,(H3,11,13,16,17)/t7-/m0/s1. The van der Waals surface area contributed by atoms with Gasteiger partial charge in [-0.3, -0.25) is 10.1 Å². The molecule has 0 fully saturated rings. The average molecular weight is 271 g/mol. The van der Waals surface area contributed by atoms with Gasteiger partial charge in [-0.05, 0) is 12.8 Å². The molecule has 8 heteroatoms. The minimum absolute atomic E-state index is 0.0383. The zero-order valence-electron chi connectivity index (χ0n) is 10.6. The van der Waals surface area contributed by atoms with Gasteiger partial charge in [0, 0.05) is 6.54 Å². The van der Waals surface area contributed by atoms with Gasteiger partial charge >= 0.3 is 6.03 Å². The van der Waals surface area contributed by atoms with E-state index in [1.165, 1.54) is 11.8 Å². The summed E-state index contributed by atoms with van der Waals surface area (Å²) >= 11 is 1.27. The highest BCUT2D eigenvalue weighted by Crippen LogP contribution is 2.26. The quantitative estimate of drug-likeness (QED) is 0.764. The van der Waals surface area contributed by atoms with Crippen molar-refractivity contribution in [3.8, 4) is 0 Å². The third-order valence-electron chi connectivity index (χ3n) is 2.26. The van der Waals surface area contributed by atoms with Gasteiger partial charge in [0.05, 0.1) is 5.25 Å². The molecular weight excluding hydrogens is 254 g/mol. The summed E-state index contributed by atoms with van der Waals surface area (Å²) in [5.41, 5.74) is 4.95. The van der Waals surface area contributed by atoms with Gasteiger partial charge in [0.15, 0.2) is 5.16 Å². The number of nitrogens with one attached hydrogen (secondary N) is 1. The number of thioether (sulfide) groups is 1. The van der Waals surface area contributed by atoms with Crippen LogP contribution in [-0.2, 0) is 11.3 Å². The van der Waals surface area contributed by atoms with Crippen molar-refractivity contribution in [3.05, 3.63) is 6.33 Å². The van der Waals surface area contributed by atoms with Gasteiger partial charge in [-0.25, -0.2) is 4.79 Å². The minimum atomic E-state index is -0.844. The monoisotopic (exact) mass is 271 g/mol. The minimum Gasteiger partial charge on any atom is -0.351 e. The van der Waals surface area contributed by atoms with Crippen molar-refractivity contribution in [3.63, 3.8) is 0 Å². The molecule has 3 N–H and O–H groups in total. The van der Waals surface area contributed by atoms with Crippen LogP contribution in [0.3, 0.4) is 0 Å². The second kappa shape index (κ2) is 6.39. The number of nitrogens with two attached hydrogens (primary N) is 1. The Balaban J connectivity index is 2.81. The maximum Gasteiger partial charge on any atom is 0.318 e. The van der Waals surface area contributed by atoms with E-state index in [4.69, 9.17) is 5.73 Å². The lowest BCUT2D eigenvalue weighted by Crippen LogP contribution is -2.42. The fourth-order valence-electron chi connectivity index (χ4n) is 1.35. The van der Waals surface area contributed by atoms with Gasteiger partial charge in [0.1, 0.15) is 6.33 Å². The van der Waals surface area contributed by atoms with Crippen LogP contribution >= 0.6 is 11.8 Å². The molecule has 1 atom stereocenters. The Labute approximate surface area is 110 Å². The molecule has 0 bridgehead atoms. The van der Waals surface area contributed by atoms with E-state index in [2.05, 4.69) is 15.5 Å². The number of rotatable bonds is 5. The summed E-state index contributed by atoms with van der Waals surface area (Å²) in [6, 6.07) is -0.844. The van der Waals surface area contributed by atoms with Crippen LogP contribution in [0.5, 0.6) is 0 Å². The van der Waals surface area contributed by atoms with E-state index < -0.39 is 17.2 Å². The van der Waals surface area contributed by atoms with Crippen LogP contribution in [0.25, 0.3) is 0 Å². The Hall–Kier alpha value is -1.57. The van der Waals surface area contributed by atoms with E-state index in [0.29, 0.717) is 5.16 Å². The molecule has 1 aromatic rings. The first-order valence-corrected chi connectivity index (χ1v) is 6.48. The molecule has 1 aromatic heterocycles. The van der Waals surface area contributed by atoms with Crippen LogP contribution in [0.1, 0.15) is 20.8 Å². The molecular formula is C10H17N5O2S. The zero-order chi connectivity index (χ0) is 13.7. The van der Waals surface area contributed by atoms with Gasteiger partial charge in [-0.15, -0.1) is 10.2 Å². The van der Waals surface area contributed by atoms with E-state index in [1.807, 2.05) is 25.3 Å². The summed E-state index contributed by atoms with van der Waals surface area (Å²) in [7, 11) is 0. The summed E-state index contributed by atoms with van der Waals surface area (Å²) in [5, 5.41) is 10.1. The molecule has 3 amide bonds. The average Bonchev–Trinajstić information content (AvgIpc) is 2.71. The summed E-state index contributed by atoms with van der Waals surface area (Å²) in [6.45, 7) is 6.47. The summed E-state index contributed by atoms with van der Waals surface area (Å²) in [5.74, 6) is -0.371. The van der Waals surface area contributed by atoms with Crippen LogP contribution in [0, 0.1) is 5.92 Å². The topological polar surface area (TPSA) is 103 Å². The Morgan fingerprint density at radius 1 is 1.56 bits per heavy atom. The number of nitrogens with zero attached hydrogens (tertiary/aromatic N) is 3.